The van der Waals surface area contributed by atoms with Crippen LogP contribution in [-0.4, -0.2) is 18.9 Å². The molecule has 1 rings (SSSR count). The highest BCUT2D eigenvalue weighted by molar-refractivity contribution is 7.86. The molecule has 0 fully saturated rings. The van der Waals surface area contributed by atoms with Crippen molar-refractivity contribution in [3.05, 3.63) is 23.0 Å². The van der Waals surface area contributed by atoms with Crippen molar-refractivity contribution >= 4 is 33.3 Å². The molecule has 0 aliphatic heterocycles. The minimum Gasteiger partial charge on any atom is -0.324 e. The van der Waals surface area contributed by atoms with Crippen LogP contribution in [0.4, 0.5) is 10.1 Å². The van der Waals surface area contributed by atoms with E-state index in [-0.39, 0.29) is 5.69 Å². The van der Waals surface area contributed by atoms with Crippen molar-refractivity contribution in [2.45, 2.75) is 11.8 Å². The van der Waals surface area contributed by atoms with Crippen molar-refractivity contribution in [3.8, 4) is 0 Å². The van der Waals surface area contributed by atoms with Gasteiger partial charge in [0.1, 0.15) is 10.7 Å². The van der Waals surface area contributed by atoms with Gasteiger partial charge in [0, 0.05) is 6.92 Å². The van der Waals surface area contributed by atoms with Gasteiger partial charge >= 0.3 is 0 Å². The normalized spacial score (nSPS) is 11.2. The first-order chi connectivity index (χ1) is 7.21. The maximum absolute atomic E-state index is 13.2. The number of hydrogen-bond acceptors (Lipinski definition) is 3. The summed E-state index contributed by atoms with van der Waals surface area (Å²) in [6.07, 6.45) is 0. The van der Waals surface area contributed by atoms with E-state index in [0.717, 1.165) is 13.0 Å². The molecule has 0 aliphatic rings. The zero-order chi connectivity index (χ0) is 12.5. The Morgan fingerprint density at radius 3 is 2.50 bits per heavy atom. The van der Waals surface area contributed by atoms with Crippen LogP contribution in [0.3, 0.4) is 0 Å². The van der Waals surface area contributed by atoms with Crippen molar-refractivity contribution < 1.29 is 22.2 Å². The largest absolute Gasteiger partial charge is 0.324 e. The Labute approximate surface area is 96.0 Å². The van der Waals surface area contributed by atoms with E-state index in [1.54, 1.807) is 0 Å². The van der Waals surface area contributed by atoms with Crippen LogP contribution >= 0.6 is 11.6 Å². The van der Waals surface area contributed by atoms with Gasteiger partial charge in [-0.25, -0.2) is 4.39 Å². The SMILES string of the molecule is CC(=O)Nc1cc(S(=O)(=O)O)c(Cl)cc1F. The molecule has 0 spiro atoms. The minimum absolute atomic E-state index is 0.371. The highest BCUT2D eigenvalue weighted by atomic mass is 35.5. The number of anilines is 1. The molecule has 5 nitrogen and oxygen atoms in total. The Balaban J connectivity index is 3.38. The van der Waals surface area contributed by atoms with Crippen LogP contribution in [0.5, 0.6) is 0 Å². The monoisotopic (exact) mass is 267 g/mol. The Kier molecular flexibility index (Phi) is 3.51. The number of amides is 1. The smallest absolute Gasteiger partial charge is 0.296 e. The van der Waals surface area contributed by atoms with E-state index in [0.29, 0.717) is 6.07 Å². The molecule has 1 aromatic rings. The third-order valence-corrected chi connectivity index (χ3v) is 2.93. The number of rotatable bonds is 2. The molecule has 0 bridgehead atoms. The van der Waals surface area contributed by atoms with Gasteiger partial charge in [-0.05, 0) is 12.1 Å². The first kappa shape index (κ1) is 12.9. The van der Waals surface area contributed by atoms with Gasteiger partial charge in [0.25, 0.3) is 10.1 Å². The van der Waals surface area contributed by atoms with Gasteiger partial charge in [-0.2, -0.15) is 8.42 Å². The summed E-state index contributed by atoms with van der Waals surface area (Å²) in [5.41, 5.74) is -0.371. The predicted octanol–water partition coefficient (Wildman–Crippen LogP) is 1.68. The average Bonchev–Trinajstić information content (AvgIpc) is 2.06. The van der Waals surface area contributed by atoms with Gasteiger partial charge in [-0.3, -0.25) is 9.35 Å². The van der Waals surface area contributed by atoms with E-state index in [1.807, 2.05) is 0 Å². The molecule has 1 aromatic carbocycles. The second kappa shape index (κ2) is 4.36. The summed E-state index contributed by atoms with van der Waals surface area (Å²) in [7, 11) is -4.56. The molecule has 2 N–H and O–H groups in total. The fourth-order valence-corrected chi connectivity index (χ4v) is 2.03. The molecule has 88 valence electrons. The van der Waals surface area contributed by atoms with Gasteiger partial charge in [0.2, 0.25) is 5.91 Å². The van der Waals surface area contributed by atoms with Crippen LogP contribution < -0.4 is 5.32 Å². The summed E-state index contributed by atoms with van der Waals surface area (Å²) < 4.78 is 43.7. The summed E-state index contributed by atoms with van der Waals surface area (Å²) in [5, 5.41) is 1.60. The Bertz CT molecular complexity index is 543. The molecular weight excluding hydrogens is 261 g/mol. The Morgan fingerprint density at radius 2 is 2.06 bits per heavy atom. The first-order valence-corrected chi connectivity index (χ1v) is 5.77. The molecule has 16 heavy (non-hydrogen) atoms. The highest BCUT2D eigenvalue weighted by Crippen LogP contribution is 2.27. The van der Waals surface area contributed by atoms with E-state index in [4.69, 9.17) is 16.2 Å². The van der Waals surface area contributed by atoms with E-state index in [9.17, 15) is 17.6 Å². The zero-order valence-corrected chi connectivity index (χ0v) is 9.56. The number of halogens is 2. The third kappa shape index (κ3) is 2.91. The molecule has 0 saturated heterocycles. The Hall–Kier alpha value is -1.18. The summed E-state index contributed by atoms with van der Waals surface area (Å²) >= 11 is 5.43. The Morgan fingerprint density at radius 1 is 1.50 bits per heavy atom. The lowest BCUT2D eigenvalue weighted by Gasteiger charge is -2.07. The standard InChI is InChI=1S/C8H7ClFNO4S/c1-4(12)11-7-3-8(16(13,14)15)5(9)2-6(7)10/h2-3H,1H3,(H,11,12)(H,13,14,15). The lowest BCUT2D eigenvalue weighted by Crippen LogP contribution is -2.09. The van der Waals surface area contributed by atoms with Crippen molar-refractivity contribution in [2.24, 2.45) is 0 Å². The van der Waals surface area contributed by atoms with Crippen LogP contribution in [0.2, 0.25) is 5.02 Å². The molecule has 0 aliphatic carbocycles. The maximum Gasteiger partial charge on any atom is 0.296 e. The molecule has 0 unspecified atom stereocenters. The zero-order valence-electron chi connectivity index (χ0n) is 7.99. The first-order valence-electron chi connectivity index (χ1n) is 3.96. The molecule has 0 atom stereocenters. The van der Waals surface area contributed by atoms with Crippen LogP contribution in [0, 0.1) is 5.82 Å². The second-order valence-electron chi connectivity index (χ2n) is 2.92. The van der Waals surface area contributed by atoms with E-state index < -0.39 is 31.8 Å². The van der Waals surface area contributed by atoms with Crippen molar-refractivity contribution in [1.29, 1.82) is 0 Å². The molecule has 8 heteroatoms. The summed E-state index contributed by atoms with van der Waals surface area (Å²) in [5.74, 6) is -1.48. The number of carbonyl (C=O) groups excluding carboxylic acids is 1. The van der Waals surface area contributed by atoms with E-state index in [2.05, 4.69) is 5.32 Å². The van der Waals surface area contributed by atoms with Crippen molar-refractivity contribution in [2.75, 3.05) is 5.32 Å². The molecule has 0 aromatic heterocycles. The third-order valence-electron chi connectivity index (χ3n) is 1.61. The van der Waals surface area contributed by atoms with E-state index >= 15 is 0 Å². The van der Waals surface area contributed by atoms with Crippen LogP contribution in [0.15, 0.2) is 17.0 Å². The number of benzene rings is 1. The number of carbonyl (C=O) groups is 1. The average molecular weight is 268 g/mol. The van der Waals surface area contributed by atoms with Crippen LogP contribution in [-0.2, 0) is 14.9 Å². The predicted molar refractivity (Wildman–Crippen MR) is 55.5 cm³/mol. The summed E-state index contributed by atoms with van der Waals surface area (Å²) in [6.45, 7) is 1.13. The number of hydrogen-bond donors (Lipinski definition) is 2. The molecule has 0 saturated carbocycles. The van der Waals surface area contributed by atoms with Crippen LogP contribution in [0.25, 0.3) is 0 Å². The summed E-state index contributed by atoms with van der Waals surface area (Å²) in [6, 6.07) is 1.43. The molecule has 0 radical (unpaired) electrons. The quantitative estimate of drug-likeness (QED) is 0.799. The van der Waals surface area contributed by atoms with Gasteiger partial charge in [-0.1, -0.05) is 11.6 Å². The fraction of sp³-hybridized carbons (Fsp3) is 0.125. The fourth-order valence-electron chi connectivity index (χ4n) is 1.01. The van der Waals surface area contributed by atoms with Crippen molar-refractivity contribution in [1.82, 2.24) is 0 Å². The lowest BCUT2D eigenvalue weighted by molar-refractivity contribution is -0.114. The molecule has 0 heterocycles. The second-order valence-corrected chi connectivity index (χ2v) is 4.72. The summed E-state index contributed by atoms with van der Waals surface area (Å²) in [4.78, 5) is 10.0. The maximum atomic E-state index is 13.2. The van der Waals surface area contributed by atoms with Gasteiger partial charge < -0.3 is 5.32 Å². The highest BCUT2D eigenvalue weighted by Gasteiger charge is 2.18. The van der Waals surface area contributed by atoms with Crippen molar-refractivity contribution in [3.63, 3.8) is 0 Å². The van der Waals surface area contributed by atoms with Gasteiger partial charge in [-0.15, -0.1) is 0 Å². The molecule has 1 amide bonds. The minimum atomic E-state index is -4.56. The number of nitrogens with one attached hydrogen (secondary N) is 1. The topological polar surface area (TPSA) is 83.5 Å². The van der Waals surface area contributed by atoms with Gasteiger partial charge in [0.15, 0.2) is 0 Å². The van der Waals surface area contributed by atoms with Crippen LogP contribution in [0.1, 0.15) is 6.92 Å². The van der Waals surface area contributed by atoms with Gasteiger partial charge in [0.05, 0.1) is 10.7 Å². The van der Waals surface area contributed by atoms with E-state index in [1.165, 1.54) is 0 Å². The molecular formula is C8H7ClFNO4S. The lowest BCUT2D eigenvalue weighted by atomic mass is 10.3.